The van der Waals surface area contributed by atoms with Gasteiger partial charge in [0.25, 0.3) is 0 Å². The average Bonchev–Trinajstić information content (AvgIpc) is 2.77. The Kier molecular flexibility index (Phi) is 5.79. The fourth-order valence-corrected chi connectivity index (χ4v) is 3.91. The minimum Gasteiger partial charge on any atom is -0.382 e. The van der Waals surface area contributed by atoms with Crippen molar-refractivity contribution in [3.8, 4) is 0 Å². The van der Waals surface area contributed by atoms with Crippen LogP contribution in [0.15, 0.2) is 28.7 Å². The van der Waals surface area contributed by atoms with Crippen LogP contribution >= 0.6 is 15.9 Å². The summed E-state index contributed by atoms with van der Waals surface area (Å²) in [5.74, 6) is 0. The molecule has 2 amide bonds. The smallest absolute Gasteiger partial charge is 0.318 e. The molecule has 132 valence electrons. The number of carbonyl (C=O) groups excluding carboxylic acids is 1. The fourth-order valence-electron chi connectivity index (χ4n) is 3.50. The van der Waals surface area contributed by atoms with Gasteiger partial charge in [-0.1, -0.05) is 34.5 Å². The highest BCUT2D eigenvalue weighted by Gasteiger charge is 2.41. The third-order valence-electron chi connectivity index (χ3n) is 5.02. The van der Waals surface area contributed by atoms with E-state index in [9.17, 15) is 4.79 Å². The molecule has 3 rings (SSSR count). The minimum atomic E-state index is -0.165. The summed E-state index contributed by atoms with van der Waals surface area (Å²) in [7, 11) is 1.65. The van der Waals surface area contributed by atoms with Crippen LogP contribution in [0.1, 0.15) is 30.9 Å². The molecule has 1 saturated carbocycles. The lowest BCUT2D eigenvalue weighted by atomic mass is 9.69. The monoisotopic (exact) mass is 396 g/mol. The third-order valence-corrected chi connectivity index (χ3v) is 5.52. The van der Waals surface area contributed by atoms with Crippen LogP contribution in [0, 0.1) is 5.41 Å². The van der Waals surface area contributed by atoms with E-state index in [2.05, 4.69) is 21.2 Å². The normalized spacial score (nSPS) is 21.0. The van der Waals surface area contributed by atoms with Crippen molar-refractivity contribution in [3.05, 3.63) is 34.3 Å². The second-order valence-corrected chi connectivity index (χ2v) is 7.76. The number of nitrogens with one attached hydrogen (secondary N) is 1. The summed E-state index contributed by atoms with van der Waals surface area (Å²) in [5, 5.41) is 3.13. The number of amides is 2. The maximum Gasteiger partial charge on any atom is 0.318 e. The molecule has 1 aromatic carbocycles. The lowest BCUT2D eigenvalue weighted by Crippen LogP contribution is -2.49. The molecule has 1 N–H and O–H groups in total. The lowest BCUT2D eigenvalue weighted by Gasteiger charge is -2.42. The third kappa shape index (κ3) is 4.10. The van der Waals surface area contributed by atoms with Gasteiger partial charge in [-0.15, -0.1) is 0 Å². The van der Waals surface area contributed by atoms with E-state index in [4.69, 9.17) is 9.47 Å². The van der Waals surface area contributed by atoms with Crippen molar-refractivity contribution in [2.45, 2.75) is 25.3 Å². The number of benzene rings is 1. The summed E-state index contributed by atoms with van der Waals surface area (Å²) in [5.41, 5.74) is 1.21. The van der Waals surface area contributed by atoms with Crippen molar-refractivity contribution >= 4 is 22.0 Å². The van der Waals surface area contributed by atoms with Gasteiger partial charge >= 0.3 is 6.03 Å². The van der Waals surface area contributed by atoms with Crippen LogP contribution in [0.4, 0.5) is 4.79 Å². The number of halogens is 1. The second-order valence-electron chi connectivity index (χ2n) is 6.84. The molecule has 1 saturated heterocycles. The SMILES string of the molecule is COCC(NC(=O)N1CCOCC2(CCC2)C1)c1cccc(Br)c1. The van der Waals surface area contributed by atoms with E-state index in [1.807, 2.05) is 29.2 Å². The minimum absolute atomic E-state index is 0.0335. The molecule has 1 heterocycles. The molecular weight excluding hydrogens is 372 g/mol. The Morgan fingerprint density at radius 3 is 3.00 bits per heavy atom. The Morgan fingerprint density at radius 2 is 2.33 bits per heavy atom. The quantitative estimate of drug-likeness (QED) is 0.848. The first kappa shape index (κ1) is 17.7. The molecule has 1 unspecified atom stereocenters. The zero-order chi connectivity index (χ0) is 17.0. The number of hydrogen-bond donors (Lipinski definition) is 1. The van der Waals surface area contributed by atoms with Crippen molar-refractivity contribution in [2.24, 2.45) is 5.41 Å². The van der Waals surface area contributed by atoms with Gasteiger partial charge in [0, 0.05) is 30.1 Å². The number of rotatable bonds is 4. The van der Waals surface area contributed by atoms with Crippen LogP contribution < -0.4 is 5.32 Å². The van der Waals surface area contributed by atoms with E-state index in [1.165, 1.54) is 6.42 Å². The number of hydrogen-bond acceptors (Lipinski definition) is 3. The summed E-state index contributed by atoms with van der Waals surface area (Å²) in [6.45, 7) is 3.27. The average molecular weight is 397 g/mol. The van der Waals surface area contributed by atoms with Gasteiger partial charge in [0.15, 0.2) is 0 Å². The van der Waals surface area contributed by atoms with E-state index in [1.54, 1.807) is 7.11 Å². The maximum absolute atomic E-state index is 12.8. The summed E-state index contributed by atoms with van der Waals surface area (Å²) in [6, 6.07) is 7.77. The van der Waals surface area contributed by atoms with Crippen LogP contribution in [0.2, 0.25) is 0 Å². The number of methoxy groups -OCH3 is 1. The van der Waals surface area contributed by atoms with Gasteiger partial charge in [0.1, 0.15) is 0 Å². The molecule has 1 spiro atoms. The molecule has 6 heteroatoms. The zero-order valence-corrected chi connectivity index (χ0v) is 15.7. The Balaban J connectivity index is 1.68. The van der Waals surface area contributed by atoms with Gasteiger partial charge in [0.2, 0.25) is 0 Å². The number of carbonyl (C=O) groups is 1. The van der Waals surface area contributed by atoms with Crippen LogP contribution in [0.5, 0.6) is 0 Å². The first-order valence-corrected chi connectivity index (χ1v) is 9.29. The van der Waals surface area contributed by atoms with Crippen LogP contribution in [0.3, 0.4) is 0 Å². The summed E-state index contributed by atoms with van der Waals surface area (Å²) in [4.78, 5) is 14.7. The van der Waals surface area contributed by atoms with Gasteiger partial charge in [-0.2, -0.15) is 0 Å². The van der Waals surface area contributed by atoms with Gasteiger partial charge < -0.3 is 19.7 Å². The van der Waals surface area contributed by atoms with E-state index in [0.717, 1.165) is 36.0 Å². The highest BCUT2D eigenvalue weighted by atomic mass is 79.9. The standard InChI is InChI=1S/C18H25BrN2O3/c1-23-11-16(14-4-2-5-15(19)10-14)20-17(22)21-8-9-24-13-18(12-21)6-3-7-18/h2,4-5,10,16H,3,6-9,11-13H2,1H3,(H,20,22). The molecule has 1 atom stereocenters. The number of nitrogens with zero attached hydrogens (tertiary/aromatic N) is 1. The number of urea groups is 1. The first-order valence-electron chi connectivity index (χ1n) is 8.49. The topological polar surface area (TPSA) is 50.8 Å². The maximum atomic E-state index is 12.8. The van der Waals surface area contributed by atoms with Gasteiger partial charge in [0.05, 0.1) is 25.9 Å². The van der Waals surface area contributed by atoms with Crippen molar-refractivity contribution in [2.75, 3.05) is 40.0 Å². The summed E-state index contributed by atoms with van der Waals surface area (Å²) in [6.07, 6.45) is 3.55. The van der Waals surface area contributed by atoms with Gasteiger partial charge in [-0.05, 0) is 30.5 Å². The Bertz CT molecular complexity index is 577. The fraction of sp³-hybridized carbons (Fsp3) is 0.611. The van der Waals surface area contributed by atoms with Crippen molar-refractivity contribution in [3.63, 3.8) is 0 Å². The molecule has 0 aromatic heterocycles. The second kappa shape index (κ2) is 7.85. The Labute approximate surface area is 151 Å². The van der Waals surface area contributed by atoms with E-state index >= 15 is 0 Å². The summed E-state index contributed by atoms with van der Waals surface area (Å²) < 4.78 is 12.0. The van der Waals surface area contributed by atoms with E-state index in [0.29, 0.717) is 19.8 Å². The highest BCUT2D eigenvalue weighted by Crippen LogP contribution is 2.42. The lowest BCUT2D eigenvalue weighted by molar-refractivity contribution is 0.0125. The Morgan fingerprint density at radius 1 is 1.50 bits per heavy atom. The molecule has 0 bridgehead atoms. The molecule has 1 aromatic rings. The molecular formula is C18H25BrN2O3. The highest BCUT2D eigenvalue weighted by molar-refractivity contribution is 9.10. The van der Waals surface area contributed by atoms with Gasteiger partial charge in [-0.25, -0.2) is 4.79 Å². The molecule has 2 fully saturated rings. The van der Waals surface area contributed by atoms with E-state index < -0.39 is 0 Å². The van der Waals surface area contributed by atoms with Crippen LogP contribution in [-0.4, -0.2) is 51.0 Å². The van der Waals surface area contributed by atoms with Crippen LogP contribution in [-0.2, 0) is 9.47 Å². The molecule has 1 aliphatic heterocycles. The molecule has 24 heavy (non-hydrogen) atoms. The number of ether oxygens (including phenoxy) is 2. The Hall–Kier alpha value is -1.11. The first-order chi connectivity index (χ1) is 11.6. The molecule has 0 radical (unpaired) electrons. The van der Waals surface area contributed by atoms with E-state index in [-0.39, 0.29) is 17.5 Å². The largest absolute Gasteiger partial charge is 0.382 e. The molecule has 1 aliphatic carbocycles. The summed E-state index contributed by atoms with van der Waals surface area (Å²) >= 11 is 3.49. The molecule has 2 aliphatic rings. The predicted molar refractivity (Wildman–Crippen MR) is 96.0 cm³/mol. The zero-order valence-electron chi connectivity index (χ0n) is 14.1. The predicted octanol–water partition coefficient (Wildman–Crippen LogP) is 3.35. The van der Waals surface area contributed by atoms with Crippen LogP contribution in [0.25, 0.3) is 0 Å². The molecule has 5 nitrogen and oxygen atoms in total. The van der Waals surface area contributed by atoms with Gasteiger partial charge in [-0.3, -0.25) is 0 Å². The van der Waals surface area contributed by atoms with Crippen molar-refractivity contribution in [1.29, 1.82) is 0 Å². The van der Waals surface area contributed by atoms with Crippen molar-refractivity contribution < 1.29 is 14.3 Å². The van der Waals surface area contributed by atoms with Crippen molar-refractivity contribution in [1.82, 2.24) is 10.2 Å².